The molecule has 2 aliphatic carbocycles. The van der Waals surface area contributed by atoms with Gasteiger partial charge in [-0.05, 0) is 99.0 Å². The van der Waals surface area contributed by atoms with Crippen LogP contribution in [0.4, 0.5) is 0 Å². The van der Waals surface area contributed by atoms with Crippen molar-refractivity contribution in [2.45, 2.75) is 153 Å². The van der Waals surface area contributed by atoms with Gasteiger partial charge in [-0.25, -0.2) is 19.6 Å². The molecule has 10 aliphatic rings. The van der Waals surface area contributed by atoms with Crippen molar-refractivity contribution in [2.24, 2.45) is 47.3 Å². The molecule has 11 rings (SSSR count). The minimum Gasteiger partial charge on any atom is -0.338 e. The van der Waals surface area contributed by atoms with E-state index in [0.29, 0.717) is 11.8 Å². The zero-order valence-corrected chi connectivity index (χ0v) is 30.4. The van der Waals surface area contributed by atoms with Crippen LogP contribution >= 0.6 is 0 Å². The lowest BCUT2D eigenvalue weighted by molar-refractivity contribution is -0.569. The van der Waals surface area contributed by atoms with Crippen LogP contribution < -0.4 is 0 Å². The van der Waals surface area contributed by atoms with Gasteiger partial charge in [0, 0.05) is 37.5 Å². The van der Waals surface area contributed by atoms with E-state index in [9.17, 15) is 9.59 Å². The molecule has 50 heavy (non-hydrogen) atoms. The highest BCUT2D eigenvalue weighted by Crippen LogP contribution is 2.62. The summed E-state index contributed by atoms with van der Waals surface area (Å²) in [6.07, 6.45) is 5.31. The van der Waals surface area contributed by atoms with Crippen LogP contribution in [0, 0.1) is 47.3 Å². The Balaban J connectivity index is 0.906. The summed E-state index contributed by atoms with van der Waals surface area (Å²) in [6, 6.07) is 7.84. The van der Waals surface area contributed by atoms with Crippen molar-refractivity contribution in [3.8, 4) is 0 Å². The molecule has 1 aromatic rings. The second kappa shape index (κ2) is 11.9. The van der Waals surface area contributed by atoms with Crippen molar-refractivity contribution in [1.82, 2.24) is 0 Å². The largest absolute Gasteiger partial charge is 0.338 e. The van der Waals surface area contributed by atoms with E-state index in [1.807, 2.05) is 38.1 Å². The molecule has 8 saturated heterocycles. The molecule has 2 saturated carbocycles. The van der Waals surface area contributed by atoms with E-state index in [0.717, 1.165) is 62.5 Å². The predicted molar refractivity (Wildman–Crippen MR) is 178 cm³/mol. The Hall–Kier alpha value is -1.76. The topological polar surface area (TPSA) is 108 Å². The lowest BCUT2D eigenvalue weighted by Crippen LogP contribution is -2.71. The Morgan fingerprint density at radius 3 is 1.50 bits per heavy atom. The summed E-state index contributed by atoms with van der Waals surface area (Å²) >= 11 is 0. The first-order valence-corrected chi connectivity index (χ1v) is 19.4. The van der Waals surface area contributed by atoms with E-state index in [1.165, 1.54) is 0 Å². The fourth-order valence-corrected chi connectivity index (χ4v) is 12.0. The Kier molecular flexibility index (Phi) is 8.08. The summed E-state index contributed by atoms with van der Waals surface area (Å²) < 4.78 is 26.2. The van der Waals surface area contributed by atoms with Crippen LogP contribution in [-0.4, -0.2) is 59.1 Å². The van der Waals surface area contributed by atoms with E-state index >= 15 is 0 Å². The molecule has 2 spiro atoms. The van der Waals surface area contributed by atoms with Crippen LogP contribution in [0.5, 0.6) is 0 Å². The highest BCUT2D eigenvalue weighted by molar-refractivity contribution is 5.87. The van der Waals surface area contributed by atoms with Gasteiger partial charge in [0.2, 0.25) is 11.6 Å². The number of carbonyl (C=O) groups is 2. The molecule has 10 nitrogen and oxygen atoms in total. The molecule has 2 unspecified atom stereocenters. The molecule has 16 atom stereocenters. The number of fused-ring (bicyclic) bond motifs is 4. The van der Waals surface area contributed by atoms with Gasteiger partial charge in [0.25, 0.3) is 0 Å². The second-order valence-corrected chi connectivity index (χ2v) is 17.8. The average molecular weight is 695 g/mol. The van der Waals surface area contributed by atoms with Gasteiger partial charge in [-0.1, -0.05) is 52.0 Å². The highest BCUT2D eigenvalue weighted by Gasteiger charge is 2.71. The number of hydrogen-bond donors (Lipinski definition) is 0. The molecule has 0 radical (unpaired) electrons. The van der Waals surface area contributed by atoms with Gasteiger partial charge < -0.3 is 18.9 Å². The molecule has 8 heterocycles. The zero-order valence-electron chi connectivity index (χ0n) is 30.4. The fourth-order valence-electron chi connectivity index (χ4n) is 12.0. The van der Waals surface area contributed by atoms with Gasteiger partial charge in [0.1, 0.15) is 12.2 Å². The standard InChI is InChI=1S/C40H54O10/c1-21-10-12-29-23(3)33(43-35-39(29)27(21)14-16-37(5,45-35)47-49-39)31(41)19-25-8-7-9-26(18-25)20-32(42)34-24(4)30-13-11-22(2)28-15-17-38(6)46-36(44-34)40(28,30)50-48-38/h7-9,18,21-24,27-30,33-36H,10-17,19-20H2,1-6H3/t21-,22-,23?,24?,27+,28+,29+,30+,33+,34+,35-,36-,37-,38-,39-,40-/m1/s1. The predicted octanol–water partition coefficient (Wildman–Crippen LogP) is 6.41. The molecule has 8 aliphatic heterocycles. The lowest BCUT2D eigenvalue weighted by Gasteiger charge is -2.60. The number of hydrogen-bond acceptors (Lipinski definition) is 10. The van der Waals surface area contributed by atoms with E-state index < -0.39 is 47.6 Å². The van der Waals surface area contributed by atoms with Gasteiger partial charge in [-0.15, -0.1) is 0 Å². The first kappa shape index (κ1) is 34.0. The molecule has 10 fully saturated rings. The van der Waals surface area contributed by atoms with Gasteiger partial charge >= 0.3 is 0 Å². The molecule has 0 aromatic heterocycles. The maximum atomic E-state index is 14.1. The van der Waals surface area contributed by atoms with Crippen molar-refractivity contribution < 1.29 is 48.1 Å². The molecule has 1 aromatic carbocycles. The van der Waals surface area contributed by atoms with E-state index in [-0.39, 0.29) is 59.9 Å². The Morgan fingerprint density at radius 1 is 0.620 bits per heavy atom. The number of ketones is 2. The first-order valence-electron chi connectivity index (χ1n) is 19.4. The normalized spacial score (nSPS) is 52.0. The van der Waals surface area contributed by atoms with E-state index in [4.69, 9.17) is 38.5 Å². The van der Waals surface area contributed by atoms with Crippen LogP contribution in [0.3, 0.4) is 0 Å². The molecule has 274 valence electrons. The molecule has 0 amide bonds. The van der Waals surface area contributed by atoms with Crippen LogP contribution in [0.15, 0.2) is 24.3 Å². The summed E-state index contributed by atoms with van der Waals surface area (Å²) in [4.78, 5) is 52.6. The van der Waals surface area contributed by atoms with Gasteiger partial charge in [0.15, 0.2) is 35.3 Å². The number of Topliss-reactive ketones (excluding diaryl/α,β-unsaturated/α-hetero) is 2. The minimum atomic E-state index is -0.884. The number of ether oxygens (including phenoxy) is 4. The smallest absolute Gasteiger partial charge is 0.201 e. The summed E-state index contributed by atoms with van der Waals surface area (Å²) in [5, 5.41) is 0. The first-order chi connectivity index (χ1) is 23.9. The van der Waals surface area contributed by atoms with Crippen molar-refractivity contribution in [2.75, 3.05) is 0 Å². The number of rotatable bonds is 6. The van der Waals surface area contributed by atoms with Crippen molar-refractivity contribution in [3.05, 3.63) is 35.4 Å². The molecule has 0 N–H and O–H groups in total. The van der Waals surface area contributed by atoms with Gasteiger partial charge in [0.05, 0.1) is 0 Å². The summed E-state index contributed by atoms with van der Waals surface area (Å²) in [7, 11) is 0. The fraction of sp³-hybridized carbons (Fsp3) is 0.800. The van der Waals surface area contributed by atoms with Gasteiger partial charge in [-0.3, -0.25) is 9.59 Å². The number of benzene rings is 1. The van der Waals surface area contributed by atoms with Gasteiger partial charge in [-0.2, -0.15) is 0 Å². The second-order valence-electron chi connectivity index (χ2n) is 17.8. The quantitative estimate of drug-likeness (QED) is 0.310. The maximum Gasteiger partial charge on any atom is 0.201 e. The van der Waals surface area contributed by atoms with Crippen LogP contribution in [-0.2, 0) is 60.9 Å². The summed E-state index contributed by atoms with van der Waals surface area (Å²) in [5.41, 5.74) is 0.337. The zero-order chi connectivity index (χ0) is 34.8. The van der Waals surface area contributed by atoms with Crippen LogP contribution in [0.25, 0.3) is 0 Å². The molecular weight excluding hydrogens is 640 g/mol. The van der Waals surface area contributed by atoms with Crippen LogP contribution in [0.2, 0.25) is 0 Å². The highest BCUT2D eigenvalue weighted by atomic mass is 17.3. The third-order valence-electron chi connectivity index (χ3n) is 14.7. The van der Waals surface area contributed by atoms with Crippen LogP contribution in [0.1, 0.15) is 104 Å². The van der Waals surface area contributed by atoms with E-state index in [2.05, 4.69) is 27.7 Å². The van der Waals surface area contributed by atoms with Crippen molar-refractivity contribution in [3.63, 3.8) is 0 Å². The molecule has 10 heteroatoms. The minimum absolute atomic E-state index is 0.0210. The van der Waals surface area contributed by atoms with Crippen molar-refractivity contribution in [1.29, 1.82) is 0 Å². The third kappa shape index (κ3) is 4.95. The molecular formula is C40H54O10. The van der Waals surface area contributed by atoms with Crippen molar-refractivity contribution >= 4 is 11.6 Å². The Labute approximate surface area is 295 Å². The number of carbonyl (C=O) groups excluding carboxylic acids is 2. The lowest BCUT2D eigenvalue weighted by atomic mass is 9.57. The van der Waals surface area contributed by atoms with E-state index in [1.54, 1.807) is 0 Å². The monoisotopic (exact) mass is 694 g/mol. The Bertz CT molecular complexity index is 1430. The molecule has 4 bridgehead atoms. The summed E-state index contributed by atoms with van der Waals surface area (Å²) in [5.74, 6) is -0.228. The average Bonchev–Trinajstić information content (AvgIpc) is 3.46. The summed E-state index contributed by atoms with van der Waals surface area (Å²) in [6.45, 7) is 12.6. The SMILES string of the molecule is CC1[C@@H](C(=O)Cc2cccc(CC(=O)[C@H]3O[C@@H]4O[C@@]5(C)CC[C@H]6[C@H](C)CC[C@@H](C3C)[C@@]46OO5)c2)O[C@@H]2O[C@@]3(C)CC[C@H]4[C@H](C)CC[C@@H]1[C@@]24OO3. The Morgan fingerprint density at radius 2 is 1.06 bits per heavy atom. The third-order valence-corrected chi connectivity index (χ3v) is 14.7. The maximum absolute atomic E-state index is 14.1.